The van der Waals surface area contributed by atoms with Crippen molar-refractivity contribution in [2.75, 3.05) is 20.8 Å². The van der Waals surface area contributed by atoms with Crippen LogP contribution in [0.3, 0.4) is 0 Å². The second kappa shape index (κ2) is 11.6. The largest absolute Gasteiger partial charge is 0.497 e. The molecule has 1 aromatic carbocycles. The van der Waals surface area contributed by atoms with E-state index in [0.717, 1.165) is 35.6 Å². The van der Waals surface area contributed by atoms with E-state index in [1.165, 1.54) is 5.56 Å². The number of amides is 2. The van der Waals surface area contributed by atoms with Crippen LogP contribution in [0.5, 0.6) is 5.75 Å². The van der Waals surface area contributed by atoms with E-state index >= 15 is 0 Å². The van der Waals surface area contributed by atoms with Gasteiger partial charge in [0.05, 0.1) is 31.2 Å². The highest BCUT2D eigenvalue weighted by Gasteiger charge is 2.22. The van der Waals surface area contributed by atoms with Gasteiger partial charge in [-0.15, -0.1) is 0 Å². The van der Waals surface area contributed by atoms with Crippen LogP contribution in [0, 0.1) is 0 Å². The summed E-state index contributed by atoms with van der Waals surface area (Å²) in [5.41, 5.74) is 14.7. The number of carbonyl (C=O) groups is 2. The van der Waals surface area contributed by atoms with Gasteiger partial charge in [0.1, 0.15) is 5.75 Å². The lowest BCUT2D eigenvalue weighted by atomic mass is 9.94. The van der Waals surface area contributed by atoms with Crippen molar-refractivity contribution in [3.05, 3.63) is 53.4 Å². The van der Waals surface area contributed by atoms with Gasteiger partial charge in [-0.25, -0.2) is 0 Å². The zero-order valence-corrected chi connectivity index (χ0v) is 15.8. The molecule has 1 unspecified atom stereocenters. The highest BCUT2D eigenvalue weighted by molar-refractivity contribution is 5.77. The number of hydrogen-bond donors (Lipinski definition) is 4. The molecule has 0 saturated carbocycles. The highest BCUT2D eigenvalue weighted by atomic mass is 16.5. The molecule has 0 aromatic heterocycles. The maximum absolute atomic E-state index is 9.76. The lowest BCUT2D eigenvalue weighted by molar-refractivity contribution is -0.119. The summed E-state index contributed by atoms with van der Waals surface area (Å²) in [6.45, 7) is 4.70. The summed E-state index contributed by atoms with van der Waals surface area (Å²) in [4.78, 5) is 19.1. The third-order valence-electron chi connectivity index (χ3n) is 3.97. The van der Waals surface area contributed by atoms with Crippen molar-refractivity contribution in [3.8, 4) is 5.75 Å². The fourth-order valence-electron chi connectivity index (χ4n) is 2.50. The summed E-state index contributed by atoms with van der Waals surface area (Å²) < 4.78 is 10.5. The Bertz CT molecular complexity index is 671. The van der Waals surface area contributed by atoms with E-state index in [1.807, 2.05) is 24.3 Å². The number of ether oxygens (including phenoxy) is 2. The van der Waals surface area contributed by atoms with Gasteiger partial charge < -0.3 is 31.6 Å². The fraction of sp³-hybridized carbons (Fsp3) is 0.368. The lowest BCUT2D eigenvalue weighted by Gasteiger charge is -2.27. The molecule has 8 nitrogen and oxygen atoms in total. The molecule has 2 amide bonds. The predicted molar refractivity (Wildman–Crippen MR) is 103 cm³/mol. The van der Waals surface area contributed by atoms with Crippen LogP contribution >= 0.6 is 0 Å². The standard InChI is InChI=1S/C16H22N2O2.C3H6N2O2/c1-11-4-9-14(20-3)15(17)16(11)18-10-12-5-7-13(19-2)8-6-12;4-3(7)1-5-2-6/h5-8,14,18H,1,4,9-10,17H2,2-3H3;2H,1H2,(H2,4,7)(H,5,6). The van der Waals surface area contributed by atoms with Crippen molar-refractivity contribution >= 4 is 12.3 Å². The van der Waals surface area contributed by atoms with Gasteiger partial charge >= 0.3 is 0 Å². The number of hydrogen-bond acceptors (Lipinski definition) is 6. The minimum atomic E-state index is -0.535. The topological polar surface area (TPSA) is 129 Å². The van der Waals surface area contributed by atoms with Crippen LogP contribution in [0.25, 0.3) is 0 Å². The monoisotopic (exact) mass is 376 g/mol. The van der Waals surface area contributed by atoms with Crippen LogP contribution in [0.15, 0.2) is 47.8 Å². The van der Waals surface area contributed by atoms with Crippen LogP contribution in [0.4, 0.5) is 0 Å². The molecule has 0 spiro atoms. The molecule has 0 saturated heterocycles. The summed E-state index contributed by atoms with van der Waals surface area (Å²) in [6.07, 6.45) is 2.21. The lowest BCUT2D eigenvalue weighted by Crippen LogP contribution is -2.31. The Balaban J connectivity index is 0.000000445. The SMILES string of the molecule is C=C1CCC(OC)C(N)=C1NCc1ccc(OC)cc1.NC(=O)CNC=O. The molecule has 0 heterocycles. The first-order valence-electron chi connectivity index (χ1n) is 8.45. The first-order chi connectivity index (χ1) is 12.9. The highest BCUT2D eigenvalue weighted by Crippen LogP contribution is 2.26. The molecule has 148 valence electrons. The van der Waals surface area contributed by atoms with Crippen molar-refractivity contribution in [3.63, 3.8) is 0 Å². The Morgan fingerprint density at radius 2 is 2.00 bits per heavy atom. The third-order valence-corrected chi connectivity index (χ3v) is 3.97. The summed E-state index contributed by atoms with van der Waals surface area (Å²) in [5, 5.41) is 5.47. The molecule has 0 radical (unpaired) electrons. The van der Waals surface area contributed by atoms with Crippen LogP contribution in [0.2, 0.25) is 0 Å². The van der Waals surface area contributed by atoms with Crippen molar-refractivity contribution in [1.82, 2.24) is 10.6 Å². The van der Waals surface area contributed by atoms with E-state index < -0.39 is 5.91 Å². The first kappa shape index (κ1) is 22.0. The van der Waals surface area contributed by atoms with Crippen molar-refractivity contribution < 1.29 is 19.1 Å². The maximum atomic E-state index is 9.76. The molecule has 1 aromatic rings. The molecule has 2 rings (SSSR count). The van der Waals surface area contributed by atoms with Crippen LogP contribution < -0.4 is 26.8 Å². The van der Waals surface area contributed by atoms with Crippen molar-refractivity contribution in [2.24, 2.45) is 11.5 Å². The van der Waals surface area contributed by atoms with E-state index in [-0.39, 0.29) is 12.6 Å². The minimum absolute atomic E-state index is 0.0149. The molecule has 0 bridgehead atoms. The van der Waals surface area contributed by atoms with Gasteiger partial charge in [0.15, 0.2) is 0 Å². The average molecular weight is 376 g/mol. The van der Waals surface area contributed by atoms with Gasteiger partial charge in [-0.05, 0) is 36.1 Å². The smallest absolute Gasteiger partial charge is 0.236 e. The van der Waals surface area contributed by atoms with E-state index in [4.69, 9.17) is 15.2 Å². The number of carbonyl (C=O) groups excluding carboxylic acids is 2. The fourth-order valence-corrected chi connectivity index (χ4v) is 2.50. The molecular weight excluding hydrogens is 348 g/mol. The van der Waals surface area contributed by atoms with Crippen LogP contribution in [-0.2, 0) is 20.9 Å². The number of benzene rings is 1. The molecule has 27 heavy (non-hydrogen) atoms. The normalized spacial score (nSPS) is 16.1. The van der Waals surface area contributed by atoms with Crippen LogP contribution in [0.1, 0.15) is 18.4 Å². The van der Waals surface area contributed by atoms with Gasteiger partial charge in [0.25, 0.3) is 0 Å². The van der Waals surface area contributed by atoms with Gasteiger partial charge in [-0.1, -0.05) is 18.7 Å². The number of allylic oxidation sites excluding steroid dienone is 1. The minimum Gasteiger partial charge on any atom is -0.497 e. The summed E-state index contributed by atoms with van der Waals surface area (Å²) in [5.74, 6) is 0.320. The Kier molecular flexibility index (Phi) is 9.46. The number of rotatable bonds is 8. The molecular formula is C19H28N4O4. The van der Waals surface area contributed by atoms with Crippen molar-refractivity contribution in [1.29, 1.82) is 0 Å². The Morgan fingerprint density at radius 3 is 2.48 bits per heavy atom. The van der Waals surface area contributed by atoms with Gasteiger partial charge in [-0.3, -0.25) is 9.59 Å². The number of primary amides is 1. The second-order valence-electron chi connectivity index (χ2n) is 5.86. The Morgan fingerprint density at radius 1 is 1.33 bits per heavy atom. The number of nitrogens with one attached hydrogen (secondary N) is 2. The Labute approximate surface area is 159 Å². The van der Waals surface area contributed by atoms with Gasteiger partial charge in [-0.2, -0.15) is 0 Å². The number of methoxy groups -OCH3 is 2. The zero-order chi connectivity index (χ0) is 20.2. The maximum Gasteiger partial charge on any atom is 0.236 e. The quantitative estimate of drug-likeness (QED) is 0.490. The number of nitrogens with two attached hydrogens (primary N) is 2. The molecule has 1 aliphatic rings. The third kappa shape index (κ3) is 7.41. The van der Waals surface area contributed by atoms with Crippen molar-refractivity contribution in [2.45, 2.75) is 25.5 Å². The average Bonchev–Trinajstić information content (AvgIpc) is 2.67. The molecule has 0 aliphatic heterocycles. The van der Waals surface area contributed by atoms with E-state index in [0.29, 0.717) is 13.0 Å². The zero-order valence-electron chi connectivity index (χ0n) is 15.8. The summed E-state index contributed by atoms with van der Waals surface area (Å²) >= 11 is 0. The van der Waals surface area contributed by atoms with Crippen LogP contribution in [-0.4, -0.2) is 39.2 Å². The molecule has 1 atom stereocenters. The summed E-state index contributed by atoms with van der Waals surface area (Å²) in [6, 6.07) is 7.95. The van der Waals surface area contributed by atoms with E-state index in [1.54, 1.807) is 14.2 Å². The van der Waals surface area contributed by atoms with Gasteiger partial charge in [0.2, 0.25) is 12.3 Å². The summed E-state index contributed by atoms with van der Waals surface area (Å²) in [7, 11) is 3.35. The first-order valence-corrected chi connectivity index (χ1v) is 8.45. The molecule has 1 aliphatic carbocycles. The molecule has 8 heteroatoms. The molecule has 6 N–H and O–H groups in total. The predicted octanol–water partition coefficient (Wildman–Crippen LogP) is 0.538. The van der Waals surface area contributed by atoms with Gasteiger partial charge in [0, 0.05) is 13.7 Å². The molecule has 0 fully saturated rings. The Hall–Kier alpha value is -3.00. The van der Waals surface area contributed by atoms with E-state index in [2.05, 4.69) is 22.9 Å². The van der Waals surface area contributed by atoms with E-state index in [9.17, 15) is 9.59 Å². The second-order valence-corrected chi connectivity index (χ2v) is 5.86.